The number of alkyl carbamates (subject to hydrolysis) is 1. The van der Waals surface area contributed by atoms with Crippen LogP contribution in [-0.4, -0.2) is 24.1 Å². The number of anilines is 1. The van der Waals surface area contributed by atoms with Crippen LogP contribution in [0.2, 0.25) is 0 Å². The number of benzene rings is 2. The molecule has 0 aliphatic carbocycles. The summed E-state index contributed by atoms with van der Waals surface area (Å²) in [5, 5.41) is 5.34. The van der Waals surface area contributed by atoms with E-state index in [9.17, 15) is 14.0 Å². The van der Waals surface area contributed by atoms with Crippen LogP contribution < -0.4 is 10.6 Å². The van der Waals surface area contributed by atoms with Crippen LogP contribution in [0.4, 0.5) is 14.9 Å². The Kier molecular flexibility index (Phi) is 6.55. The van der Waals surface area contributed by atoms with Gasteiger partial charge in [-0.2, -0.15) is 0 Å². The van der Waals surface area contributed by atoms with Gasteiger partial charge in [-0.3, -0.25) is 4.79 Å². The maximum atomic E-state index is 13.7. The Labute approximate surface area is 158 Å². The molecule has 2 aromatic rings. The molecule has 144 valence electrons. The van der Waals surface area contributed by atoms with Crippen LogP contribution in [0.25, 0.3) is 0 Å². The Bertz CT molecular complexity index is 801. The molecule has 2 N–H and O–H groups in total. The zero-order valence-corrected chi connectivity index (χ0v) is 16.0. The van der Waals surface area contributed by atoms with Gasteiger partial charge in [-0.05, 0) is 51.0 Å². The molecule has 0 saturated carbocycles. The van der Waals surface area contributed by atoms with Gasteiger partial charge in [-0.15, -0.1) is 0 Å². The Hall–Kier alpha value is -2.89. The highest BCUT2D eigenvalue weighted by molar-refractivity contribution is 5.96. The largest absolute Gasteiger partial charge is 0.444 e. The molecule has 2 rings (SSSR count). The van der Waals surface area contributed by atoms with E-state index in [4.69, 9.17) is 4.74 Å². The molecule has 0 radical (unpaired) electrons. The van der Waals surface area contributed by atoms with E-state index in [0.717, 1.165) is 5.56 Å². The van der Waals surface area contributed by atoms with Gasteiger partial charge in [0.05, 0.1) is 5.92 Å². The number of rotatable bonds is 5. The standard InChI is InChI=1S/C21H25FN2O3/c1-14-10-11-16(12-18(14)22)24-19(25)17(15-8-6-5-7-9-15)13-23-20(26)27-21(2,3)4/h5-12,17H,13H2,1-4H3,(H,23,26)(H,24,25)/t17-/m1/s1. The number of carbonyl (C=O) groups excluding carboxylic acids is 2. The van der Waals surface area contributed by atoms with Crippen molar-refractivity contribution in [2.75, 3.05) is 11.9 Å². The van der Waals surface area contributed by atoms with Gasteiger partial charge < -0.3 is 15.4 Å². The van der Waals surface area contributed by atoms with Crippen molar-refractivity contribution in [1.82, 2.24) is 5.32 Å². The summed E-state index contributed by atoms with van der Waals surface area (Å²) in [4.78, 5) is 24.7. The third kappa shape index (κ3) is 6.40. The van der Waals surface area contributed by atoms with Gasteiger partial charge in [-0.1, -0.05) is 36.4 Å². The fourth-order valence-electron chi connectivity index (χ4n) is 2.45. The first-order valence-corrected chi connectivity index (χ1v) is 8.74. The Morgan fingerprint density at radius 3 is 2.37 bits per heavy atom. The van der Waals surface area contributed by atoms with Crippen LogP contribution in [0, 0.1) is 12.7 Å². The van der Waals surface area contributed by atoms with E-state index in [0.29, 0.717) is 11.3 Å². The maximum Gasteiger partial charge on any atom is 0.407 e. The highest BCUT2D eigenvalue weighted by atomic mass is 19.1. The molecule has 5 nitrogen and oxygen atoms in total. The van der Waals surface area contributed by atoms with Crippen LogP contribution in [0.1, 0.15) is 37.8 Å². The van der Waals surface area contributed by atoms with Crippen molar-refractivity contribution in [3.05, 3.63) is 65.5 Å². The highest BCUT2D eigenvalue weighted by Crippen LogP contribution is 2.20. The van der Waals surface area contributed by atoms with Gasteiger partial charge >= 0.3 is 6.09 Å². The minimum absolute atomic E-state index is 0.0547. The van der Waals surface area contributed by atoms with Crippen molar-refractivity contribution in [3.8, 4) is 0 Å². The number of ether oxygens (including phenoxy) is 1. The van der Waals surface area contributed by atoms with Crippen LogP contribution in [0.5, 0.6) is 0 Å². The molecule has 0 unspecified atom stereocenters. The number of carbonyl (C=O) groups is 2. The van der Waals surface area contributed by atoms with Gasteiger partial charge in [-0.25, -0.2) is 9.18 Å². The summed E-state index contributed by atoms with van der Waals surface area (Å²) in [5.74, 6) is -1.39. The number of halogens is 1. The third-order valence-corrected chi connectivity index (χ3v) is 3.81. The maximum absolute atomic E-state index is 13.7. The van der Waals surface area contributed by atoms with Crippen molar-refractivity contribution >= 4 is 17.7 Å². The summed E-state index contributed by atoms with van der Waals surface area (Å²) < 4.78 is 19.0. The molecule has 0 saturated heterocycles. The first-order chi connectivity index (χ1) is 12.7. The van der Waals surface area contributed by atoms with Crippen LogP contribution in [-0.2, 0) is 9.53 Å². The number of hydrogen-bond donors (Lipinski definition) is 2. The van der Waals surface area contributed by atoms with Gasteiger partial charge in [0, 0.05) is 12.2 Å². The Morgan fingerprint density at radius 2 is 1.78 bits per heavy atom. The average Bonchev–Trinajstić information content (AvgIpc) is 2.58. The summed E-state index contributed by atoms with van der Waals surface area (Å²) in [6.07, 6.45) is -0.599. The van der Waals surface area contributed by atoms with Crippen molar-refractivity contribution < 1.29 is 18.7 Å². The fourth-order valence-corrected chi connectivity index (χ4v) is 2.45. The van der Waals surface area contributed by atoms with Crippen LogP contribution in [0.3, 0.4) is 0 Å². The molecule has 1 atom stereocenters. The van der Waals surface area contributed by atoms with Gasteiger partial charge in [0.2, 0.25) is 5.91 Å². The Morgan fingerprint density at radius 1 is 1.11 bits per heavy atom. The average molecular weight is 372 g/mol. The highest BCUT2D eigenvalue weighted by Gasteiger charge is 2.23. The zero-order valence-electron chi connectivity index (χ0n) is 16.0. The number of amides is 2. The summed E-state index contributed by atoms with van der Waals surface area (Å²) >= 11 is 0. The van der Waals surface area contributed by atoms with Crippen molar-refractivity contribution in [3.63, 3.8) is 0 Å². The van der Waals surface area contributed by atoms with Gasteiger partial charge in [0.1, 0.15) is 11.4 Å². The summed E-state index contributed by atoms with van der Waals surface area (Å²) in [6.45, 7) is 7.00. The smallest absolute Gasteiger partial charge is 0.407 e. The lowest BCUT2D eigenvalue weighted by Gasteiger charge is -2.22. The topological polar surface area (TPSA) is 67.4 Å². The molecule has 0 aromatic heterocycles. The van der Waals surface area contributed by atoms with Crippen molar-refractivity contribution in [2.24, 2.45) is 0 Å². The molecule has 0 fully saturated rings. The van der Waals surface area contributed by atoms with E-state index in [2.05, 4.69) is 10.6 Å². The van der Waals surface area contributed by atoms with Crippen molar-refractivity contribution in [1.29, 1.82) is 0 Å². The second-order valence-corrected chi connectivity index (χ2v) is 7.30. The first-order valence-electron chi connectivity index (χ1n) is 8.74. The summed E-state index contributed by atoms with van der Waals surface area (Å²) in [5.41, 5.74) is 0.965. The molecule has 2 aromatic carbocycles. The lowest BCUT2D eigenvalue weighted by molar-refractivity contribution is -0.117. The minimum Gasteiger partial charge on any atom is -0.444 e. The van der Waals surface area contributed by atoms with E-state index in [1.807, 2.05) is 18.2 Å². The normalized spacial score (nSPS) is 12.2. The molecule has 6 heteroatoms. The first kappa shape index (κ1) is 20.4. The quantitative estimate of drug-likeness (QED) is 0.818. The summed E-state index contributed by atoms with van der Waals surface area (Å²) in [7, 11) is 0. The Balaban J connectivity index is 2.13. The number of aryl methyl sites for hydroxylation is 1. The molecule has 0 bridgehead atoms. The number of hydrogen-bond acceptors (Lipinski definition) is 3. The predicted octanol–water partition coefficient (Wildman–Crippen LogP) is 4.38. The molecular weight excluding hydrogens is 347 g/mol. The molecule has 27 heavy (non-hydrogen) atoms. The van der Waals surface area contributed by atoms with Crippen molar-refractivity contribution in [2.45, 2.75) is 39.2 Å². The molecule has 2 amide bonds. The van der Waals surface area contributed by atoms with Crippen LogP contribution in [0.15, 0.2) is 48.5 Å². The van der Waals surface area contributed by atoms with E-state index < -0.39 is 23.4 Å². The lowest BCUT2D eigenvalue weighted by Crippen LogP contribution is -2.37. The minimum atomic E-state index is -0.650. The molecule has 0 aliphatic heterocycles. The predicted molar refractivity (Wildman–Crippen MR) is 103 cm³/mol. The monoisotopic (exact) mass is 372 g/mol. The zero-order chi connectivity index (χ0) is 20.0. The van der Waals surface area contributed by atoms with E-state index in [-0.39, 0.29) is 12.5 Å². The fraction of sp³-hybridized carbons (Fsp3) is 0.333. The summed E-state index contributed by atoms with van der Waals surface area (Å²) in [6, 6.07) is 13.6. The molecule has 0 spiro atoms. The van der Waals surface area contributed by atoms with E-state index >= 15 is 0 Å². The van der Waals surface area contributed by atoms with Gasteiger partial charge in [0.25, 0.3) is 0 Å². The second-order valence-electron chi connectivity index (χ2n) is 7.30. The molecule has 0 aliphatic rings. The number of nitrogens with one attached hydrogen (secondary N) is 2. The van der Waals surface area contributed by atoms with Crippen LogP contribution >= 0.6 is 0 Å². The van der Waals surface area contributed by atoms with E-state index in [1.54, 1.807) is 52.0 Å². The molecular formula is C21H25FN2O3. The third-order valence-electron chi connectivity index (χ3n) is 3.81. The van der Waals surface area contributed by atoms with E-state index in [1.165, 1.54) is 6.07 Å². The van der Waals surface area contributed by atoms with Gasteiger partial charge in [0.15, 0.2) is 0 Å². The molecule has 0 heterocycles. The second kappa shape index (κ2) is 8.66. The SMILES string of the molecule is Cc1ccc(NC(=O)[C@H](CNC(=O)OC(C)(C)C)c2ccccc2)cc1F. The lowest BCUT2D eigenvalue weighted by atomic mass is 9.98.